The van der Waals surface area contributed by atoms with E-state index in [4.69, 9.17) is 0 Å². The maximum atomic E-state index is 12.6. The van der Waals surface area contributed by atoms with Crippen LogP contribution in [0.4, 0.5) is 11.6 Å². The number of nitrogens with zero attached hydrogens (tertiary/aromatic N) is 3. The van der Waals surface area contributed by atoms with E-state index in [2.05, 4.69) is 34.3 Å². The zero-order valence-corrected chi connectivity index (χ0v) is 15.0. The molecule has 0 amide bonds. The third-order valence-corrected chi connectivity index (χ3v) is 4.58. The van der Waals surface area contributed by atoms with Crippen LogP contribution in [0, 0.1) is 0 Å². The van der Waals surface area contributed by atoms with E-state index < -0.39 is 0 Å². The average Bonchev–Trinajstić information content (AvgIpc) is 2.71. The second-order valence-electron chi connectivity index (χ2n) is 6.56. The third kappa shape index (κ3) is 3.72. The number of benzene rings is 2. The number of hydrogen-bond acceptors (Lipinski definition) is 4. The minimum absolute atomic E-state index is 0.0605. The SMILES string of the molecule is CC(Cn1c(=O)ccc2cnc(Nc3ccccc3)nc21)c1ccccc1. The van der Waals surface area contributed by atoms with Crippen LogP contribution in [0.25, 0.3) is 11.0 Å². The average molecular weight is 356 g/mol. The summed E-state index contributed by atoms with van der Waals surface area (Å²) < 4.78 is 1.73. The lowest BCUT2D eigenvalue weighted by atomic mass is 10.0. The van der Waals surface area contributed by atoms with Crippen molar-refractivity contribution in [2.75, 3.05) is 5.32 Å². The van der Waals surface area contributed by atoms with Gasteiger partial charge in [-0.3, -0.25) is 9.36 Å². The Hall–Kier alpha value is -3.47. The Morgan fingerprint density at radius 1 is 0.963 bits per heavy atom. The molecule has 5 nitrogen and oxygen atoms in total. The molecule has 1 unspecified atom stereocenters. The third-order valence-electron chi connectivity index (χ3n) is 4.58. The molecular weight excluding hydrogens is 336 g/mol. The number of nitrogens with one attached hydrogen (secondary N) is 1. The van der Waals surface area contributed by atoms with Gasteiger partial charge in [0.2, 0.25) is 5.95 Å². The number of rotatable bonds is 5. The van der Waals surface area contributed by atoms with Crippen molar-refractivity contribution in [3.8, 4) is 0 Å². The lowest BCUT2D eigenvalue weighted by molar-refractivity contribution is 0.593. The van der Waals surface area contributed by atoms with E-state index in [9.17, 15) is 4.79 Å². The molecule has 2 heterocycles. The molecular formula is C22H20N4O. The van der Waals surface area contributed by atoms with Crippen LogP contribution in [0.15, 0.2) is 83.8 Å². The highest BCUT2D eigenvalue weighted by atomic mass is 16.1. The van der Waals surface area contributed by atoms with E-state index in [1.165, 1.54) is 5.56 Å². The molecule has 0 aliphatic carbocycles. The maximum absolute atomic E-state index is 12.6. The van der Waals surface area contributed by atoms with Crippen molar-refractivity contribution >= 4 is 22.7 Å². The molecule has 4 aromatic rings. The van der Waals surface area contributed by atoms with E-state index in [1.54, 1.807) is 22.9 Å². The standard InChI is InChI=1S/C22H20N4O/c1-16(17-8-4-2-5-9-17)15-26-20(27)13-12-18-14-23-22(25-21(18)26)24-19-10-6-3-7-11-19/h2-14,16H,15H2,1H3,(H,23,24,25). The van der Waals surface area contributed by atoms with Gasteiger partial charge in [0.25, 0.3) is 5.56 Å². The van der Waals surface area contributed by atoms with Gasteiger partial charge in [-0.25, -0.2) is 4.98 Å². The van der Waals surface area contributed by atoms with Crippen molar-refractivity contribution < 1.29 is 0 Å². The molecule has 2 aromatic carbocycles. The number of para-hydroxylation sites is 1. The smallest absolute Gasteiger partial charge is 0.252 e. The van der Waals surface area contributed by atoms with Gasteiger partial charge < -0.3 is 5.32 Å². The molecule has 0 fully saturated rings. The summed E-state index contributed by atoms with van der Waals surface area (Å²) in [5.74, 6) is 0.662. The van der Waals surface area contributed by atoms with Crippen molar-refractivity contribution in [1.82, 2.24) is 14.5 Å². The van der Waals surface area contributed by atoms with Crippen molar-refractivity contribution in [3.63, 3.8) is 0 Å². The second kappa shape index (κ2) is 7.41. The highest BCUT2D eigenvalue weighted by Gasteiger charge is 2.12. The number of fused-ring (bicyclic) bond motifs is 1. The Kier molecular flexibility index (Phi) is 4.66. The van der Waals surface area contributed by atoms with Gasteiger partial charge in [0.15, 0.2) is 0 Å². The van der Waals surface area contributed by atoms with E-state index in [0.29, 0.717) is 18.1 Å². The molecule has 134 valence electrons. The van der Waals surface area contributed by atoms with Crippen LogP contribution in [0.3, 0.4) is 0 Å². The summed E-state index contributed by atoms with van der Waals surface area (Å²) in [7, 11) is 0. The molecule has 5 heteroatoms. The monoisotopic (exact) mass is 356 g/mol. The van der Waals surface area contributed by atoms with E-state index in [1.807, 2.05) is 48.5 Å². The fourth-order valence-electron chi connectivity index (χ4n) is 3.12. The van der Waals surface area contributed by atoms with Gasteiger partial charge in [-0.05, 0) is 29.7 Å². The summed E-state index contributed by atoms with van der Waals surface area (Å²) in [4.78, 5) is 21.5. The Bertz CT molecular complexity index is 1110. The normalized spacial score (nSPS) is 12.0. The zero-order valence-electron chi connectivity index (χ0n) is 15.0. The molecule has 0 saturated heterocycles. The summed E-state index contributed by atoms with van der Waals surface area (Å²) in [6.45, 7) is 2.67. The van der Waals surface area contributed by atoms with Gasteiger partial charge in [-0.1, -0.05) is 55.5 Å². The minimum Gasteiger partial charge on any atom is -0.324 e. The van der Waals surface area contributed by atoms with Gasteiger partial charge in [0.05, 0.1) is 0 Å². The van der Waals surface area contributed by atoms with E-state index in [0.717, 1.165) is 11.1 Å². The summed E-state index contributed by atoms with van der Waals surface area (Å²) in [5, 5.41) is 4.03. The molecule has 4 rings (SSSR count). The predicted octanol–water partition coefficient (Wildman–Crippen LogP) is 4.34. The summed E-state index contributed by atoms with van der Waals surface area (Å²) in [5.41, 5.74) is 2.67. The molecule has 2 aromatic heterocycles. The zero-order chi connectivity index (χ0) is 18.6. The molecule has 1 N–H and O–H groups in total. The fourth-order valence-corrected chi connectivity index (χ4v) is 3.12. The molecule has 0 radical (unpaired) electrons. The number of hydrogen-bond donors (Lipinski definition) is 1. The van der Waals surface area contributed by atoms with Crippen LogP contribution in [0.2, 0.25) is 0 Å². The first-order chi connectivity index (χ1) is 13.2. The van der Waals surface area contributed by atoms with Crippen LogP contribution >= 0.6 is 0 Å². The van der Waals surface area contributed by atoms with Gasteiger partial charge in [0, 0.05) is 29.9 Å². The maximum Gasteiger partial charge on any atom is 0.252 e. The van der Waals surface area contributed by atoms with Crippen molar-refractivity contribution in [2.24, 2.45) is 0 Å². The lowest BCUT2D eigenvalue weighted by Crippen LogP contribution is -2.23. The van der Waals surface area contributed by atoms with Crippen LogP contribution < -0.4 is 10.9 Å². The second-order valence-corrected chi connectivity index (χ2v) is 6.56. The highest BCUT2D eigenvalue weighted by molar-refractivity contribution is 5.75. The Morgan fingerprint density at radius 2 is 1.67 bits per heavy atom. The Balaban J connectivity index is 1.71. The Morgan fingerprint density at radius 3 is 2.41 bits per heavy atom. The van der Waals surface area contributed by atoms with E-state index in [-0.39, 0.29) is 11.5 Å². The number of aromatic nitrogens is 3. The summed E-state index contributed by atoms with van der Waals surface area (Å²) >= 11 is 0. The van der Waals surface area contributed by atoms with Gasteiger partial charge in [-0.15, -0.1) is 0 Å². The lowest BCUT2D eigenvalue weighted by Gasteiger charge is -2.16. The van der Waals surface area contributed by atoms with Crippen LogP contribution in [-0.4, -0.2) is 14.5 Å². The van der Waals surface area contributed by atoms with Crippen LogP contribution in [-0.2, 0) is 6.54 Å². The van der Waals surface area contributed by atoms with Gasteiger partial charge >= 0.3 is 0 Å². The van der Waals surface area contributed by atoms with Crippen molar-refractivity contribution in [3.05, 3.63) is 94.9 Å². The fraction of sp³-hybridized carbons (Fsp3) is 0.136. The first-order valence-electron chi connectivity index (χ1n) is 8.94. The molecule has 27 heavy (non-hydrogen) atoms. The first kappa shape index (κ1) is 17.0. The number of anilines is 2. The van der Waals surface area contributed by atoms with Gasteiger partial charge in [-0.2, -0.15) is 4.98 Å². The summed E-state index contributed by atoms with van der Waals surface area (Å²) in [6.07, 6.45) is 1.75. The van der Waals surface area contributed by atoms with Crippen molar-refractivity contribution in [1.29, 1.82) is 0 Å². The molecule has 0 spiro atoms. The molecule has 0 aliphatic heterocycles. The summed E-state index contributed by atoms with van der Waals surface area (Å²) in [6, 6.07) is 23.3. The van der Waals surface area contributed by atoms with E-state index >= 15 is 0 Å². The minimum atomic E-state index is -0.0605. The largest absolute Gasteiger partial charge is 0.324 e. The van der Waals surface area contributed by atoms with Crippen LogP contribution in [0.1, 0.15) is 18.4 Å². The molecule has 0 saturated carbocycles. The van der Waals surface area contributed by atoms with Crippen LogP contribution in [0.5, 0.6) is 0 Å². The Labute approximate surface area is 157 Å². The highest BCUT2D eigenvalue weighted by Crippen LogP contribution is 2.20. The van der Waals surface area contributed by atoms with Crippen molar-refractivity contribution in [2.45, 2.75) is 19.4 Å². The topological polar surface area (TPSA) is 59.8 Å². The predicted molar refractivity (Wildman–Crippen MR) is 108 cm³/mol. The number of pyridine rings is 1. The quantitative estimate of drug-likeness (QED) is 0.578. The first-order valence-corrected chi connectivity index (χ1v) is 8.94. The van der Waals surface area contributed by atoms with Gasteiger partial charge in [0.1, 0.15) is 5.65 Å². The molecule has 0 bridgehead atoms. The molecule has 0 aliphatic rings. The molecule has 1 atom stereocenters.